The van der Waals surface area contributed by atoms with Crippen LogP contribution >= 0.6 is 11.8 Å². The van der Waals surface area contributed by atoms with Crippen LogP contribution in [0.4, 0.5) is 0 Å². The molecule has 3 heterocycles. The van der Waals surface area contributed by atoms with Gasteiger partial charge in [0.1, 0.15) is 5.76 Å². The Kier molecular flexibility index (Phi) is 6.63. The number of benzene rings is 2. The maximum Gasteiger partial charge on any atom is 0.309 e. The van der Waals surface area contributed by atoms with Gasteiger partial charge in [-0.25, -0.2) is 14.6 Å². The highest BCUT2D eigenvalue weighted by Gasteiger charge is 2.20. The molecule has 0 saturated heterocycles. The standard InChI is InChI=1S/C25H21N7O3S/c1-31-15-14-26-25(31)36-16-19-12-13-20(35-19)23(33)28-29-24(34)21-27-22(17-8-4-2-5-9-17)32(30-21)18-10-6-3-7-11-18/h2-15H,16H2,1H3,(H,28,33)(H,29,34). The summed E-state index contributed by atoms with van der Waals surface area (Å²) in [4.78, 5) is 33.9. The van der Waals surface area contributed by atoms with E-state index in [1.807, 2.05) is 78.5 Å². The number of thioether (sulfide) groups is 1. The van der Waals surface area contributed by atoms with Crippen LogP contribution in [0.3, 0.4) is 0 Å². The minimum atomic E-state index is -0.660. The number of hydrazine groups is 1. The molecule has 0 fully saturated rings. The van der Waals surface area contributed by atoms with E-state index in [1.165, 1.54) is 11.8 Å². The summed E-state index contributed by atoms with van der Waals surface area (Å²) >= 11 is 1.49. The minimum absolute atomic E-state index is 0.0680. The van der Waals surface area contributed by atoms with Gasteiger partial charge in [-0.05, 0) is 24.3 Å². The Balaban J connectivity index is 1.26. The third-order valence-electron chi connectivity index (χ3n) is 5.14. The number of nitrogens with zero attached hydrogens (tertiary/aromatic N) is 5. The highest BCUT2D eigenvalue weighted by atomic mass is 32.2. The summed E-state index contributed by atoms with van der Waals surface area (Å²) in [6.07, 6.45) is 3.57. The van der Waals surface area contributed by atoms with Crippen molar-refractivity contribution in [2.24, 2.45) is 7.05 Å². The van der Waals surface area contributed by atoms with Gasteiger partial charge in [0.05, 0.1) is 11.4 Å². The monoisotopic (exact) mass is 499 g/mol. The van der Waals surface area contributed by atoms with Crippen LogP contribution in [-0.2, 0) is 12.8 Å². The van der Waals surface area contributed by atoms with E-state index in [9.17, 15) is 9.59 Å². The fraction of sp³-hybridized carbons (Fsp3) is 0.0800. The molecule has 0 radical (unpaired) electrons. The second-order valence-corrected chi connectivity index (χ2v) is 8.60. The quantitative estimate of drug-likeness (QED) is 0.259. The number of amides is 2. The zero-order chi connectivity index (χ0) is 24.9. The summed E-state index contributed by atoms with van der Waals surface area (Å²) in [7, 11) is 1.90. The second-order valence-electron chi connectivity index (χ2n) is 7.66. The van der Waals surface area contributed by atoms with Gasteiger partial charge in [-0.3, -0.25) is 20.4 Å². The molecule has 0 aliphatic carbocycles. The van der Waals surface area contributed by atoms with Crippen molar-refractivity contribution in [3.63, 3.8) is 0 Å². The predicted molar refractivity (Wildman–Crippen MR) is 133 cm³/mol. The lowest BCUT2D eigenvalue weighted by Crippen LogP contribution is -2.42. The fourth-order valence-corrected chi connectivity index (χ4v) is 4.19. The number of para-hydroxylation sites is 1. The van der Waals surface area contributed by atoms with Crippen LogP contribution in [0.15, 0.2) is 94.8 Å². The first-order valence-corrected chi connectivity index (χ1v) is 11.9. The Morgan fingerprint density at radius 3 is 2.39 bits per heavy atom. The highest BCUT2D eigenvalue weighted by Crippen LogP contribution is 2.22. The van der Waals surface area contributed by atoms with Crippen LogP contribution in [-0.4, -0.2) is 36.1 Å². The first-order chi connectivity index (χ1) is 17.6. The molecule has 0 aliphatic rings. The Labute approximate surface area is 210 Å². The smallest absolute Gasteiger partial charge is 0.309 e. The van der Waals surface area contributed by atoms with E-state index in [0.29, 0.717) is 17.3 Å². The van der Waals surface area contributed by atoms with E-state index in [0.717, 1.165) is 16.4 Å². The lowest BCUT2D eigenvalue weighted by Gasteiger charge is -2.05. The van der Waals surface area contributed by atoms with Crippen molar-refractivity contribution in [1.29, 1.82) is 0 Å². The zero-order valence-corrected chi connectivity index (χ0v) is 20.0. The number of hydrogen-bond acceptors (Lipinski definition) is 7. The molecule has 11 heteroatoms. The lowest BCUT2D eigenvalue weighted by atomic mass is 10.2. The van der Waals surface area contributed by atoms with Crippen molar-refractivity contribution in [1.82, 2.24) is 35.2 Å². The van der Waals surface area contributed by atoms with Gasteiger partial charge in [0.25, 0.3) is 0 Å². The highest BCUT2D eigenvalue weighted by molar-refractivity contribution is 7.98. The molecule has 36 heavy (non-hydrogen) atoms. The molecule has 180 valence electrons. The van der Waals surface area contributed by atoms with Gasteiger partial charge in [-0.1, -0.05) is 60.3 Å². The SMILES string of the molecule is Cn1ccnc1SCc1ccc(C(=O)NNC(=O)c2nc(-c3ccccc3)n(-c3ccccc3)n2)o1. The normalized spacial score (nSPS) is 10.8. The number of nitrogens with one attached hydrogen (secondary N) is 2. The number of aryl methyl sites for hydroxylation is 1. The van der Waals surface area contributed by atoms with Gasteiger partial charge in [-0.2, -0.15) is 0 Å². The third-order valence-corrected chi connectivity index (χ3v) is 6.22. The van der Waals surface area contributed by atoms with Crippen LogP contribution < -0.4 is 10.9 Å². The molecule has 5 rings (SSSR count). The van der Waals surface area contributed by atoms with Crippen LogP contribution in [0.1, 0.15) is 26.9 Å². The summed E-state index contributed by atoms with van der Waals surface area (Å²) in [6.45, 7) is 0. The van der Waals surface area contributed by atoms with Crippen LogP contribution in [0.2, 0.25) is 0 Å². The van der Waals surface area contributed by atoms with Crippen molar-refractivity contribution in [3.05, 3.63) is 103 Å². The minimum Gasteiger partial charge on any atom is -0.455 e. The lowest BCUT2D eigenvalue weighted by molar-refractivity contribution is 0.0825. The molecular weight excluding hydrogens is 478 g/mol. The average molecular weight is 500 g/mol. The van der Waals surface area contributed by atoms with Gasteiger partial charge in [0, 0.05) is 25.0 Å². The molecule has 0 bridgehead atoms. The molecule has 0 atom stereocenters. The van der Waals surface area contributed by atoms with Crippen LogP contribution in [0.5, 0.6) is 0 Å². The van der Waals surface area contributed by atoms with Gasteiger partial charge >= 0.3 is 11.8 Å². The number of furan rings is 1. The number of aromatic nitrogens is 5. The Bertz CT molecular complexity index is 1440. The summed E-state index contributed by atoms with van der Waals surface area (Å²) in [5, 5.41) is 5.21. The van der Waals surface area contributed by atoms with Crippen molar-refractivity contribution in [2.75, 3.05) is 0 Å². The van der Waals surface area contributed by atoms with E-state index in [1.54, 1.807) is 23.0 Å². The summed E-state index contributed by atoms with van der Waals surface area (Å²) < 4.78 is 9.09. The number of imidazole rings is 1. The topological polar surface area (TPSA) is 120 Å². The number of carbonyl (C=O) groups is 2. The summed E-state index contributed by atoms with van der Waals surface area (Å²) in [5.74, 6) is 0.334. The molecule has 2 amide bonds. The Hall–Kier alpha value is -4.64. The van der Waals surface area contributed by atoms with Crippen molar-refractivity contribution in [3.8, 4) is 17.1 Å². The average Bonchev–Trinajstić information content (AvgIpc) is 3.67. The molecule has 0 spiro atoms. The first-order valence-electron chi connectivity index (χ1n) is 11.0. The third kappa shape index (κ3) is 5.05. The molecule has 10 nitrogen and oxygen atoms in total. The maximum atomic E-state index is 12.8. The van der Waals surface area contributed by atoms with E-state index in [-0.39, 0.29) is 11.6 Å². The zero-order valence-electron chi connectivity index (χ0n) is 19.2. The second kappa shape index (κ2) is 10.3. The number of hydrogen-bond donors (Lipinski definition) is 2. The van der Waals surface area contributed by atoms with Gasteiger partial charge < -0.3 is 8.98 Å². The van der Waals surface area contributed by atoms with E-state index < -0.39 is 11.8 Å². The fourth-order valence-electron chi connectivity index (χ4n) is 3.37. The molecular formula is C25H21N7O3S. The largest absolute Gasteiger partial charge is 0.455 e. The molecule has 3 aromatic heterocycles. The molecule has 5 aromatic rings. The van der Waals surface area contributed by atoms with Crippen LogP contribution in [0, 0.1) is 0 Å². The van der Waals surface area contributed by atoms with Crippen molar-refractivity contribution >= 4 is 23.6 Å². The number of rotatable bonds is 7. The van der Waals surface area contributed by atoms with Crippen LogP contribution in [0.25, 0.3) is 17.1 Å². The van der Waals surface area contributed by atoms with Crippen molar-refractivity contribution in [2.45, 2.75) is 10.9 Å². The Morgan fingerprint density at radius 2 is 1.67 bits per heavy atom. The summed E-state index contributed by atoms with van der Waals surface area (Å²) in [6, 6.07) is 22.1. The first kappa shape index (κ1) is 23.1. The van der Waals surface area contributed by atoms with Crippen molar-refractivity contribution < 1.29 is 14.0 Å². The predicted octanol–water partition coefficient (Wildman–Crippen LogP) is 3.63. The number of carbonyl (C=O) groups excluding carboxylic acids is 2. The molecule has 0 saturated carbocycles. The molecule has 0 unspecified atom stereocenters. The van der Waals surface area contributed by atoms with E-state index in [4.69, 9.17) is 4.42 Å². The molecule has 2 aromatic carbocycles. The van der Waals surface area contributed by atoms with Gasteiger partial charge in [0.15, 0.2) is 16.7 Å². The van der Waals surface area contributed by atoms with E-state index in [2.05, 4.69) is 25.9 Å². The van der Waals surface area contributed by atoms with E-state index >= 15 is 0 Å². The van der Waals surface area contributed by atoms with Gasteiger partial charge in [0.2, 0.25) is 5.82 Å². The molecule has 2 N–H and O–H groups in total. The molecule has 0 aliphatic heterocycles. The summed E-state index contributed by atoms with van der Waals surface area (Å²) in [5.41, 5.74) is 6.25. The Morgan fingerprint density at radius 1 is 0.944 bits per heavy atom. The van der Waals surface area contributed by atoms with Gasteiger partial charge in [-0.15, -0.1) is 5.10 Å². The maximum absolute atomic E-state index is 12.8.